The molecule has 0 spiro atoms. The lowest BCUT2D eigenvalue weighted by molar-refractivity contribution is 0.201. The Balaban J connectivity index is 2.33. The molecule has 1 N–H and O–H groups in total. The van der Waals surface area contributed by atoms with Gasteiger partial charge in [0.2, 0.25) is 0 Å². The summed E-state index contributed by atoms with van der Waals surface area (Å²) in [5.41, 5.74) is 1.20. The summed E-state index contributed by atoms with van der Waals surface area (Å²) in [5.74, 6) is 0. The van der Waals surface area contributed by atoms with Crippen molar-refractivity contribution in [3.05, 3.63) is 29.5 Å². The fraction of sp³-hybridized carbons (Fsp3) is 0.357. The molecule has 1 aromatic heterocycles. The lowest BCUT2D eigenvalue weighted by Gasteiger charge is -2.17. The topological polar surface area (TPSA) is 53.7 Å². The Bertz CT molecular complexity index is 579. The summed E-state index contributed by atoms with van der Waals surface area (Å²) in [6.45, 7) is 2.54. The molecule has 1 aromatic carbocycles. The Morgan fingerprint density at radius 2 is 2.21 bits per heavy atom. The normalized spacial score (nSPS) is 10.8. The van der Waals surface area contributed by atoms with Gasteiger partial charge in [0.05, 0.1) is 5.69 Å². The van der Waals surface area contributed by atoms with Crippen molar-refractivity contribution in [1.82, 2.24) is 0 Å². The Labute approximate surface area is 116 Å². The standard InChI is InChI=1S/C14H16ClNO3/c1-2-3-4-7-16(14(17)18)12-9-19-13-6-5-10(15)8-11(12)13/h5-6,8-9H,2-4,7H2,1H3,(H,17,18). The average molecular weight is 282 g/mol. The van der Waals surface area contributed by atoms with E-state index in [1.165, 1.54) is 11.2 Å². The predicted molar refractivity (Wildman–Crippen MR) is 76.1 cm³/mol. The van der Waals surface area contributed by atoms with Crippen molar-refractivity contribution in [3.8, 4) is 0 Å². The van der Waals surface area contributed by atoms with Crippen LogP contribution in [0.3, 0.4) is 0 Å². The smallest absolute Gasteiger partial charge is 0.411 e. The van der Waals surface area contributed by atoms with E-state index < -0.39 is 6.09 Å². The molecule has 1 amide bonds. The maximum absolute atomic E-state index is 11.4. The van der Waals surface area contributed by atoms with Crippen molar-refractivity contribution in [2.75, 3.05) is 11.4 Å². The molecule has 0 atom stereocenters. The molecule has 0 fully saturated rings. The molecule has 2 rings (SSSR count). The first-order chi connectivity index (χ1) is 9.13. The van der Waals surface area contributed by atoms with E-state index in [2.05, 4.69) is 6.92 Å². The molecule has 19 heavy (non-hydrogen) atoms. The molecule has 0 saturated heterocycles. The Kier molecular flexibility index (Phi) is 4.32. The van der Waals surface area contributed by atoms with Crippen LogP contribution < -0.4 is 4.90 Å². The Morgan fingerprint density at radius 1 is 1.42 bits per heavy atom. The fourth-order valence-corrected chi connectivity index (χ4v) is 2.21. The number of halogens is 1. The van der Waals surface area contributed by atoms with Crippen LogP contribution in [0.2, 0.25) is 5.02 Å². The number of nitrogens with zero attached hydrogens (tertiary/aromatic N) is 1. The van der Waals surface area contributed by atoms with Crippen molar-refractivity contribution in [3.63, 3.8) is 0 Å². The second kappa shape index (κ2) is 5.97. The molecular weight excluding hydrogens is 266 g/mol. The van der Waals surface area contributed by atoms with E-state index in [9.17, 15) is 9.90 Å². The highest BCUT2D eigenvalue weighted by molar-refractivity contribution is 6.31. The van der Waals surface area contributed by atoms with Gasteiger partial charge in [0.1, 0.15) is 11.8 Å². The van der Waals surface area contributed by atoms with Crippen molar-refractivity contribution in [2.24, 2.45) is 0 Å². The van der Waals surface area contributed by atoms with Crippen LogP contribution in [0.15, 0.2) is 28.9 Å². The molecule has 0 aliphatic heterocycles. The van der Waals surface area contributed by atoms with Crippen LogP contribution in [-0.4, -0.2) is 17.7 Å². The number of benzene rings is 1. The van der Waals surface area contributed by atoms with Crippen molar-refractivity contribution in [1.29, 1.82) is 0 Å². The minimum Gasteiger partial charge on any atom is -0.465 e. The van der Waals surface area contributed by atoms with Gasteiger partial charge < -0.3 is 9.52 Å². The first-order valence-corrected chi connectivity index (χ1v) is 6.68. The zero-order chi connectivity index (χ0) is 13.8. The highest BCUT2D eigenvalue weighted by Crippen LogP contribution is 2.31. The monoisotopic (exact) mass is 281 g/mol. The average Bonchev–Trinajstić information content (AvgIpc) is 2.77. The summed E-state index contributed by atoms with van der Waals surface area (Å²) in [6.07, 6.45) is 3.38. The lowest BCUT2D eigenvalue weighted by atomic mass is 10.2. The number of carbonyl (C=O) groups is 1. The van der Waals surface area contributed by atoms with Gasteiger partial charge in [-0.3, -0.25) is 4.90 Å². The van der Waals surface area contributed by atoms with Gasteiger partial charge in [-0.25, -0.2) is 4.79 Å². The largest absolute Gasteiger partial charge is 0.465 e. The van der Waals surface area contributed by atoms with Gasteiger partial charge in [-0.1, -0.05) is 31.4 Å². The number of fused-ring (bicyclic) bond motifs is 1. The first kappa shape index (κ1) is 13.7. The fourth-order valence-electron chi connectivity index (χ4n) is 2.04. The summed E-state index contributed by atoms with van der Waals surface area (Å²) in [5, 5.41) is 10.6. The summed E-state index contributed by atoms with van der Waals surface area (Å²) in [6, 6.07) is 5.19. The van der Waals surface area contributed by atoms with E-state index in [0.29, 0.717) is 22.8 Å². The number of furan rings is 1. The second-order valence-electron chi connectivity index (χ2n) is 4.40. The van der Waals surface area contributed by atoms with Crippen LogP contribution in [0.25, 0.3) is 11.0 Å². The molecule has 1 heterocycles. The highest BCUT2D eigenvalue weighted by Gasteiger charge is 2.19. The third kappa shape index (κ3) is 3.01. The maximum atomic E-state index is 11.4. The molecule has 4 nitrogen and oxygen atoms in total. The van der Waals surface area contributed by atoms with Crippen LogP contribution in [0.1, 0.15) is 26.2 Å². The van der Waals surface area contributed by atoms with E-state index in [1.807, 2.05) is 0 Å². The number of carboxylic acid groups (broad SMARTS) is 1. The predicted octanol–water partition coefficient (Wildman–Crippen LogP) is 4.76. The van der Waals surface area contributed by atoms with Crippen LogP contribution >= 0.6 is 11.6 Å². The molecule has 2 aromatic rings. The summed E-state index contributed by atoms with van der Waals surface area (Å²) in [7, 11) is 0. The Morgan fingerprint density at radius 3 is 2.89 bits per heavy atom. The number of anilines is 1. The van der Waals surface area contributed by atoms with E-state index in [1.54, 1.807) is 18.2 Å². The van der Waals surface area contributed by atoms with Crippen molar-refractivity contribution < 1.29 is 14.3 Å². The maximum Gasteiger partial charge on any atom is 0.411 e. The minimum atomic E-state index is -0.973. The SMILES string of the molecule is CCCCCN(C(=O)O)c1coc2ccc(Cl)cc12. The minimum absolute atomic E-state index is 0.463. The van der Waals surface area contributed by atoms with Gasteiger partial charge in [0.25, 0.3) is 0 Å². The van der Waals surface area contributed by atoms with Crippen LogP contribution in [0, 0.1) is 0 Å². The first-order valence-electron chi connectivity index (χ1n) is 6.30. The molecule has 0 saturated carbocycles. The van der Waals surface area contributed by atoms with E-state index in [4.69, 9.17) is 16.0 Å². The third-order valence-corrected chi connectivity index (χ3v) is 3.26. The molecular formula is C14H16ClNO3. The van der Waals surface area contributed by atoms with E-state index in [0.717, 1.165) is 24.6 Å². The van der Waals surface area contributed by atoms with Crippen LogP contribution in [0.5, 0.6) is 0 Å². The van der Waals surface area contributed by atoms with Gasteiger partial charge in [0, 0.05) is 17.0 Å². The van der Waals surface area contributed by atoms with Gasteiger partial charge in [-0.2, -0.15) is 0 Å². The summed E-state index contributed by atoms with van der Waals surface area (Å²) >= 11 is 5.95. The molecule has 0 aliphatic rings. The van der Waals surface area contributed by atoms with Gasteiger partial charge in [-0.05, 0) is 24.6 Å². The zero-order valence-corrected chi connectivity index (χ0v) is 11.5. The molecule has 5 heteroatoms. The molecule has 0 unspecified atom stereocenters. The number of unbranched alkanes of at least 4 members (excludes halogenated alkanes) is 2. The van der Waals surface area contributed by atoms with E-state index in [-0.39, 0.29) is 0 Å². The Hall–Kier alpha value is -1.68. The quantitative estimate of drug-likeness (QED) is 0.804. The highest BCUT2D eigenvalue weighted by atomic mass is 35.5. The van der Waals surface area contributed by atoms with Gasteiger partial charge >= 0.3 is 6.09 Å². The number of hydrogen-bond donors (Lipinski definition) is 1. The molecule has 0 aliphatic carbocycles. The number of rotatable bonds is 5. The van der Waals surface area contributed by atoms with E-state index >= 15 is 0 Å². The molecule has 0 radical (unpaired) electrons. The van der Waals surface area contributed by atoms with Crippen molar-refractivity contribution >= 4 is 34.4 Å². The molecule has 0 bridgehead atoms. The van der Waals surface area contributed by atoms with Crippen LogP contribution in [0.4, 0.5) is 10.5 Å². The number of amides is 1. The molecule has 102 valence electrons. The van der Waals surface area contributed by atoms with Gasteiger partial charge in [0.15, 0.2) is 0 Å². The zero-order valence-electron chi connectivity index (χ0n) is 10.7. The van der Waals surface area contributed by atoms with Gasteiger partial charge in [-0.15, -0.1) is 0 Å². The summed E-state index contributed by atoms with van der Waals surface area (Å²) in [4.78, 5) is 12.7. The van der Waals surface area contributed by atoms with Crippen LogP contribution in [-0.2, 0) is 0 Å². The lowest BCUT2D eigenvalue weighted by Crippen LogP contribution is -2.29. The second-order valence-corrected chi connectivity index (χ2v) is 4.84. The summed E-state index contributed by atoms with van der Waals surface area (Å²) < 4.78 is 5.38. The van der Waals surface area contributed by atoms with Crippen molar-refractivity contribution in [2.45, 2.75) is 26.2 Å². The third-order valence-electron chi connectivity index (χ3n) is 3.02. The number of hydrogen-bond acceptors (Lipinski definition) is 2.